The molecule has 5 nitrogen and oxygen atoms in total. The van der Waals surface area contributed by atoms with Gasteiger partial charge in [0.2, 0.25) is 0 Å². The fourth-order valence-electron chi connectivity index (χ4n) is 1.82. The number of aromatic nitrogens is 3. The van der Waals surface area contributed by atoms with Crippen LogP contribution in [0.15, 0.2) is 58.1 Å². The first kappa shape index (κ1) is 13.8. The zero-order valence-corrected chi connectivity index (χ0v) is 12.1. The maximum Gasteiger partial charge on any atom is 0.258 e. The van der Waals surface area contributed by atoms with E-state index in [4.69, 9.17) is 10.3 Å². The molecule has 2 aromatic heterocycles. The highest BCUT2D eigenvalue weighted by Gasteiger charge is 2.09. The van der Waals surface area contributed by atoms with E-state index >= 15 is 0 Å². The number of hydrogen-bond acceptors (Lipinski definition) is 6. The van der Waals surface area contributed by atoms with Crippen molar-refractivity contribution >= 4 is 11.8 Å². The average Bonchev–Trinajstić information content (AvgIpc) is 3.03. The van der Waals surface area contributed by atoms with Gasteiger partial charge in [-0.25, -0.2) is 0 Å². The van der Waals surface area contributed by atoms with Crippen LogP contribution in [-0.4, -0.2) is 15.1 Å². The van der Waals surface area contributed by atoms with E-state index in [-0.39, 0.29) is 0 Å². The summed E-state index contributed by atoms with van der Waals surface area (Å²) >= 11 is 1.67. The van der Waals surface area contributed by atoms with Crippen LogP contribution in [0.1, 0.15) is 11.5 Å². The van der Waals surface area contributed by atoms with Gasteiger partial charge in [0.1, 0.15) is 0 Å². The number of thioether (sulfide) groups is 1. The largest absolute Gasteiger partial charge is 0.334 e. The zero-order valence-electron chi connectivity index (χ0n) is 11.3. The molecule has 3 aromatic rings. The topological polar surface area (TPSA) is 77.8 Å². The van der Waals surface area contributed by atoms with Gasteiger partial charge in [0.05, 0.1) is 11.4 Å². The molecule has 0 fully saturated rings. The molecule has 0 aliphatic rings. The zero-order chi connectivity index (χ0) is 14.5. The lowest BCUT2D eigenvalue weighted by Crippen LogP contribution is -1.99. The Morgan fingerprint density at radius 3 is 2.81 bits per heavy atom. The summed E-state index contributed by atoms with van der Waals surface area (Å²) in [5.74, 6) is 1.84. The van der Waals surface area contributed by atoms with E-state index < -0.39 is 0 Å². The predicted octanol–water partition coefficient (Wildman–Crippen LogP) is 2.88. The van der Waals surface area contributed by atoms with Crippen LogP contribution >= 0.6 is 11.8 Å². The third-order valence-corrected chi connectivity index (χ3v) is 3.86. The highest BCUT2D eigenvalue weighted by atomic mass is 32.2. The van der Waals surface area contributed by atoms with Crippen LogP contribution in [0.5, 0.6) is 0 Å². The number of nitrogens with zero attached hydrogens (tertiary/aromatic N) is 3. The number of pyridine rings is 1. The highest BCUT2D eigenvalue weighted by Crippen LogP contribution is 2.23. The van der Waals surface area contributed by atoms with Crippen LogP contribution in [0, 0.1) is 0 Å². The van der Waals surface area contributed by atoms with Crippen LogP contribution in [0.2, 0.25) is 0 Å². The van der Waals surface area contributed by atoms with Crippen molar-refractivity contribution in [2.75, 3.05) is 0 Å². The van der Waals surface area contributed by atoms with Crippen molar-refractivity contribution in [1.82, 2.24) is 15.1 Å². The predicted molar refractivity (Wildman–Crippen MR) is 81.4 cm³/mol. The average molecular weight is 298 g/mol. The molecule has 6 heteroatoms. The second-order valence-electron chi connectivity index (χ2n) is 4.36. The van der Waals surface area contributed by atoms with Gasteiger partial charge < -0.3 is 10.3 Å². The van der Waals surface area contributed by atoms with Crippen molar-refractivity contribution in [3.05, 3.63) is 60.2 Å². The first-order chi connectivity index (χ1) is 10.3. The summed E-state index contributed by atoms with van der Waals surface area (Å²) in [6.07, 6.45) is 1.69. The summed E-state index contributed by atoms with van der Waals surface area (Å²) in [6.45, 7) is 0.388. The molecule has 0 saturated heterocycles. The van der Waals surface area contributed by atoms with Crippen LogP contribution in [-0.2, 0) is 12.3 Å². The van der Waals surface area contributed by atoms with Gasteiger partial charge in [-0.05, 0) is 24.3 Å². The molecule has 0 radical (unpaired) electrons. The molecule has 0 unspecified atom stereocenters. The minimum Gasteiger partial charge on any atom is -0.334 e. The van der Waals surface area contributed by atoms with Gasteiger partial charge in [-0.15, -0.1) is 11.8 Å². The van der Waals surface area contributed by atoms with Gasteiger partial charge in [-0.3, -0.25) is 4.98 Å². The Morgan fingerprint density at radius 2 is 2.00 bits per heavy atom. The third kappa shape index (κ3) is 3.48. The molecule has 21 heavy (non-hydrogen) atoms. The van der Waals surface area contributed by atoms with E-state index in [0.29, 0.717) is 24.0 Å². The second kappa shape index (κ2) is 6.51. The Kier molecular flexibility index (Phi) is 4.28. The van der Waals surface area contributed by atoms with E-state index in [1.165, 1.54) is 4.90 Å². The number of rotatable bonds is 5. The molecule has 106 valence electrons. The van der Waals surface area contributed by atoms with E-state index in [9.17, 15) is 0 Å². The number of nitrogens with two attached hydrogens (primary N) is 1. The summed E-state index contributed by atoms with van der Waals surface area (Å²) < 4.78 is 5.30. The summed E-state index contributed by atoms with van der Waals surface area (Å²) in [5.41, 5.74) is 7.22. The molecule has 3 rings (SSSR count). The molecule has 0 spiro atoms. The molecule has 0 aliphatic heterocycles. The van der Waals surface area contributed by atoms with Crippen molar-refractivity contribution < 1.29 is 4.52 Å². The van der Waals surface area contributed by atoms with Crippen LogP contribution in [0.3, 0.4) is 0 Å². The van der Waals surface area contributed by atoms with Crippen LogP contribution < -0.4 is 5.73 Å². The minimum absolute atomic E-state index is 0.388. The van der Waals surface area contributed by atoms with E-state index in [1.807, 2.05) is 30.3 Å². The third-order valence-electron chi connectivity index (χ3n) is 2.85. The van der Waals surface area contributed by atoms with Crippen molar-refractivity contribution in [2.24, 2.45) is 5.73 Å². The fourth-order valence-corrected chi connectivity index (χ4v) is 2.58. The van der Waals surface area contributed by atoms with Gasteiger partial charge in [0, 0.05) is 23.2 Å². The lowest BCUT2D eigenvalue weighted by atomic mass is 10.2. The summed E-state index contributed by atoms with van der Waals surface area (Å²) in [6, 6.07) is 13.8. The van der Waals surface area contributed by atoms with E-state index in [1.54, 1.807) is 18.0 Å². The highest BCUT2D eigenvalue weighted by molar-refractivity contribution is 7.98. The Balaban J connectivity index is 1.71. The quantitative estimate of drug-likeness (QED) is 0.730. The summed E-state index contributed by atoms with van der Waals surface area (Å²) in [4.78, 5) is 9.73. The first-order valence-electron chi connectivity index (χ1n) is 6.51. The maximum atomic E-state index is 5.58. The summed E-state index contributed by atoms with van der Waals surface area (Å²) in [7, 11) is 0. The van der Waals surface area contributed by atoms with Crippen molar-refractivity contribution in [3.8, 4) is 11.5 Å². The lowest BCUT2D eigenvalue weighted by molar-refractivity contribution is 0.425. The Hall–Kier alpha value is -2.18. The Bertz CT molecular complexity index is 714. The Labute approximate surface area is 126 Å². The van der Waals surface area contributed by atoms with Crippen molar-refractivity contribution in [1.29, 1.82) is 0 Å². The Morgan fingerprint density at radius 1 is 1.14 bits per heavy atom. The molecule has 0 bridgehead atoms. The van der Waals surface area contributed by atoms with Crippen LogP contribution in [0.25, 0.3) is 11.5 Å². The van der Waals surface area contributed by atoms with Gasteiger partial charge in [-0.2, -0.15) is 4.98 Å². The second-order valence-corrected chi connectivity index (χ2v) is 5.41. The molecule has 2 N–H and O–H groups in total. The van der Waals surface area contributed by atoms with Gasteiger partial charge in [-0.1, -0.05) is 23.4 Å². The molecule has 2 heterocycles. The number of benzene rings is 1. The lowest BCUT2D eigenvalue weighted by Gasteiger charge is -1.97. The first-order valence-corrected chi connectivity index (χ1v) is 7.49. The minimum atomic E-state index is 0.388. The molecule has 0 saturated carbocycles. The van der Waals surface area contributed by atoms with Gasteiger partial charge in [0.15, 0.2) is 5.82 Å². The number of hydrogen-bond donors (Lipinski definition) is 1. The molecular formula is C15H14N4OS. The van der Waals surface area contributed by atoms with E-state index in [2.05, 4.69) is 27.3 Å². The molecule has 0 amide bonds. The normalized spacial score (nSPS) is 10.7. The van der Waals surface area contributed by atoms with E-state index in [0.717, 1.165) is 11.3 Å². The smallest absolute Gasteiger partial charge is 0.258 e. The molecular weight excluding hydrogens is 284 g/mol. The molecule has 1 aromatic carbocycles. The SMILES string of the molecule is NCc1cc(-c2nc(CSc3ccccc3)no2)ccn1. The maximum absolute atomic E-state index is 5.58. The van der Waals surface area contributed by atoms with Crippen molar-refractivity contribution in [3.63, 3.8) is 0 Å². The van der Waals surface area contributed by atoms with Crippen LogP contribution in [0.4, 0.5) is 0 Å². The standard InChI is InChI=1S/C15H14N4OS/c16-9-12-8-11(6-7-17-12)15-18-14(19-20-15)10-21-13-4-2-1-3-5-13/h1-8H,9-10,16H2. The molecule has 0 atom stereocenters. The van der Waals surface area contributed by atoms with Gasteiger partial charge in [0.25, 0.3) is 5.89 Å². The van der Waals surface area contributed by atoms with Crippen molar-refractivity contribution in [2.45, 2.75) is 17.2 Å². The summed E-state index contributed by atoms with van der Waals surface area (Å²) in [5, 5.41) is 4.00. The van der Waals surface area contributed by atoms with Gasteiger partial charge >= 0.3 is 0 Å². The molecule has 0 aliphatic carbocycles. The monoisotopic (exact) mass is 298 g/mol. The fraction of sp³-hybridized carbons (Fsp3) is 0.133.